The van der Waals surface area contributed by atoms with Gasteiger partial charge in [-0.2, -0.15) is 5.06 Å². The van der Waals surface area contributed by atoms with E-state index in [-0.39, 0.29) is 12.5 Å². The Labute approximate surface area is 148 Å². The van der Waals surface area contributed by atoms with Gasteiger partial charge in [0.2, 0.25) is 0 Å². The molecular weight excluding hydrogens is 318 g/mol. The normalized spacial score (nSPS) is 24.3. The van der Waals surface area contributed by atoms with E-state index in [1.165, 1.54) is 0 Å². The van der Waals surface area contributed by atoms with Gasteiger partial charge >= 0.3 is 0 Å². The topological polar surface area (TPSA) is 62.2 Å². The predicted octanol–water partition coefficient (Wildman–Crippen LogP) is 1.99. The van der Waals surface area contributed by atoms with Crippen molar-refractivity contribution in [2.75, 3.05) is 19.7 Å². The van der Waals surface area contributed by atoms with Crippen molar-refractivity contribution in [1.82, 2.24) is 5.06 Å². The van der Waals surface area contributed by atoms with Gasteiger partial charge in [0.05, 0.1) is 32.0 Å². The van der Waals surface area contributed by atoms with Crippen molar-refractivity contribution in [3.8, 4) is 0 Å². The molecule has 134 valence electrons. The van der Waals surface area contributed by atoms with Crippen LogP contribution in [0.3, 0.4) is 0 Å². The smallest absolute Gasteiger partial charge is 0.0992 e. The summed E-state index contributed by atoms with van der Waals surface area (Å²) in [6.45, 7) is 1.73. The largest absolute Gasteiger partial charge is 0.396 e. The lowest BCUT2D eigenvalue weighted by Gasteiger charge is -2.39. The van der Waals surface area contributed by atoms with Gasteiger partial charge in [0.25, 0.3) is 0 Å². The van der Waals surface area contributed by atoms with Gasteiger partial charge in [-0.25, -0.2) is 0 Å². The molecular formula is C20H25NO4. The van der Waals surface area contributed by atoms with Crippen LogP contribution in [0.4, 0.5) is 0 Å². The quantitative estimate of drug-likeness (QED) is 0.805. The summed E-state index contributed by atoms with van der Waals surface area (Å²) >= 11 is 0. The standard InChI is InChI=1S/C20H25NO4/c22-13-18-11-21(25-15-17-9-5-2-6-10-17)12-19(20(18)23)24-14-16-7-3-1-4-8-16/h1-10,18-20,22-23H,11-15H2/t18-,19-,20-/m1/s1. The van der Waals surface area contributed by atoms with Gasteiger partial charge in [-0.15, -0.1) is 0 Å². The van der Waals surface area contributed by atoms with Gasteiger partial charge in [-0.05, 0) is 11.1 Å². The van der Waals surface area contributed by atoms with E-state index in [4.69, 9.17) is 9.57 Å². The van der Waals surface area contributed by atoms with Crippen LogP contribution >= 0.6 is 0 Å². The Morgan fingerprint density at radius 1 is 0.880 bits per heavy atom. The molecule has 0 aliphatic carbocycles. The minimum absolute atomic E-state index is 0.0996. The molecule has 3 atom stereocenters. The molecule has 0 unspecified atom stereocenters. The van der Waals surface area contributed by atoms with E-state index in [1.54, 1.807) is 5.06 Å². The molecule has 2 aromatic rings. The van der Waals surface area contributed by atoms with Gasteiger partial charge in [0.15, 0.2) is 0 Å². The molecule has 0 aromatic heterocycles. The van der Waals surface area contributed by atoms with Gasteiger partial charge in [-0.1, -0.05) is 60.7 Å². The van der Waals surface area contributed by atoms with E-state index in [0.717, 1.165) is 11.1 Å². The van der Waals surface area contributed by atoms with Crippen molar-refractivity contribution in [2.45, 2.75) is 25.4 Å². The lowest BCUT2D eigenvalue weighted by molar-refractivity contribution is -0.240. The molecule has 5 nitrogen and oxygen atoms in total. The van der Waals surface area contributed by atoms with E-state index in [9.17, 15) is 10.2 Å². The number of aliphatic hydroxyl groups excluding tert-OH is 2. The third-order valence-corrected chi connectivity index (χ3v) is 4.48. The summed E-state index contributed by atoms with van der Waals surface area (Å²) in [6.07, 6.45) is -1.10. The molecule has 1 aliphatic heterocycles. The maximum Gasteiger partial charge on any atom is 0.0992 e. The van der Waals surface area contributed by atoms with Crippen molar-refractivity contribution in [3.05, 3.63) is 71.8 Å². The fourth-order valence-corrected chi connectivity index (χ4v) is 3.00. The summed E-state index contributed by atoms with van der Waals surface area (Å²) in [7, 11) is 0. The van der Waals surface area contributed by atoms with Crippen LogP contribution in [0.2, 0.25) is 0 Å². The zero-order chi connectivity index (χ0) is 17.5. The highest BCUT2D eigenvalue weighted by atomic mass is 16.7. The first-order valence-electron chi connectivity index (χ1n) is 8.62. The molecule has 25 heavy (non-hydrogen) atoms. The number of rotatable bonds is 7. The average molecular weight is 343 g/mol. The van der Waals surface area contributed by atoms with Gasteiger partial charge in [0, 0.05) is 19.1 Å². The van der Waals surface area contributed by atoms with Crippen molar-refractivity contribution in [2.24, 2.45) is 5.92 Å². The van der Waals surface area contributed by atoms with E-state index in [2.05, 4.69) is 0 Å². The van der Waals surface area contributed by atoms with Crippen molar-refractivity contribution >= 4 is 0 Å². The summed E-state index contributed by atoms with van der Waals surface area (Å²) in [5, 5.41) is 21.8. The average Bonchev–Trinajstić information content (AvgIpc) is 2.67. The number of hydroxylamine groups is 2. The monoisotopic (exact) mass is 343 g/mol. The Bertz CT molecular complexity index is 622. The van der Waals surface area contributed by atoms with E-state index in [0.29, 0.717) is 26.3 Å². The Kier molecular flexibility index (Phi) is 6.55. The second kappa shape index (κ2) is 9.08. The lowest BCUT2D eigenvalue weighted by Crippen LogP contribution is -2.54. The van der Waals surface area contributed by atoms with Crippen molar-refractivity contribution in [1.29, 1.82) is 0 Å². The van der Waals surface area contributed by atoms with E-state index >= 15 is 0 Å². The lowest BCUT2D eigenvalue weighted by atomic mass is 9.94. The van der Waals surface area contributed by atoms with Crippen LogP contribution in [0.15, 0.2) is 60.7 Å². The fraction of sp³-hybridized carbons (Fsp3) is 0.400. The number of hydrogen-bond donors (Lipinski definition) is 2. The Hall–Kier alpha value is -1.76. The highest BCUT2D eigenvalue weighted by Crippen LogP contribution is 2.22. The molecule has 0 radical (unpaired) electrons. The first-order chi connectivity index (χ1) is 12.3. The zero-order valence-electron chi connectivity index (χ0n) is 14.2. The molecule has 0 amide bonds. The number of nitrogens with zero attached hydrogens (tertiary/aromatic N) is 1. The second-order valence-electron chi connectivity index (χ2n) is 6.37. The number of ether oxygens (including phenoxy) is 1. The van der Waals surface area contributed by atoms with Crippen LogP contribution in [0.5, 0.6) is 0 Å². The van der Waals surface area contributed by atoms with Crippen molar-refractivity contribution in [3.63, 3.8) is 0 Å². The van der Waals surface area contributed by atoms with Crippen LogP contribution in [0, 0.1) is 5.92 Å². The van der Waals surface area contributed by atoms with E-state index < -0.39 is 12.2 Å². The summed E-state index contributed by atoms with van der Waals surface area (Å²) in [4.78, 5) is 5.86. The SMILES string of the molecule is OC[C@H]1CN(OCc2ccccc2)C[C@@H](OCc2ccccc2)[C@@H]1O. The van der Waals surface area contributed by atoms with Crippen LogP contribution in [-0.4, -0.2) is 47.2 Å². The summed E-state index contributed by atoms with van der Waals surface area (Å²) in [5.41, 5.74) is 2.13. The molecule has 0 saturated carbocycles. The van der Waals surface area contributed by atoms with Gasteiger partial charge in [0.1, 0.15) is 0 Å². The molecule has 1 heterocycles. The molecule has 1 fully saturated rings. The minimum Gasteiger partial charge on any atom is -0.396 e. The first kappa shape index (κ1) is 18.0. The maximum absolute atomic E-state index is 10.4. The first-order valence-corrected chi connectivity index (χ1v) is 8.62. The third kappa shape index (κ3) is 5.11. The van der Waals surface area contributed by atoms with Gasteiger partial charge in [-0.3, -0.25) is 4.84 Å². The highest BCUT2D eigenvalue weighted by molar-refractivity contribution is 5.14. The number of benzene rings is 2. The molecule has 0 bridgehead atoms. The maximum atomic E-state index is 10.4. The summed E-state index contributed by atoms with van der Waals surface area (Å²) in [6, 6.07) is 19.8. The molecule has 1 aliphatic rings. The second-order valence-corrected chi connectivity index (χ2v) is 6.37. The molecule has 2 aromatic carbocycles. The van der Waals surface area contributed by atoms with Crippen molar-refractivity contribution < 1.29 is 19.8 Å². The van der Waals surface area contributed by atoms with E-state index in [1.807, 2.05) is 60.7 Å². The molecule has 5 heteroatoms. The van der Waals surface area contributed by atoms with Crippen LogP contribution in [-0.2, 0) is 22.8 Å². The Morgan fingerprint density at radius 2 is 1.48 bits per heavy atom. The number of aliphatic hydroxyl groups is 2. The van der Waals surface area contributed by atoms with Gasteiger partial charge < -0.3 is 14.9 Å². The zero-order valence-corrected chi connectivity index (χ0v) is 14.2. The predicted molar refractivity (Wildman–Crippen MR) is 94.4 cm³/mol. The number of hydrogen-bond acceptors (Lipinski definition) is 5. The van der Waals surface area contributed by atoms with Crippen LogP contribution < -0.4 is 0 Å². The number of piperidine rings is 1. The highest BCUT2D eigenvalue weighted by Gasteiger charge is 2.36. The molecule has 0 spiro atoms. The summed E-state index contributed by atoms with van der Waals surface area (Å²) in [5.74, 6) is -0.287. The van der Waals surface area contributed by atoms with Crippen LogP contribution in [0.25, 0.3) is 0 Å². The van der Waals surface area contributed by atoms with Crippen LogP contribution in [0.1, 0.15) is 11.1 Å². The third-order valence-electron chi connectivity index (χ3n) is 4.48. The Balaban J connectivity index is 1.57. The molecule has 1 saturated heterocycles. The molecule has 2 N–H and O–H groups in total. The summed E-state index contributed by atoms with van der Waals surface area (Å²) < 4.78 is 5.91. The molecule has 3 rings (SSSR count). The minimum atomic E-state index is -0.703. The fourth-order valence-electron chi connectivity index (χ4n) is 3.00. The Morgan fingerprint density at radius 3 is 2.08 bits per heavy atom.